The van der Waals surface area contributed by atoms with E-state index in [0.717, 1.165) is 18.8 Å². The Morgan fingerprint density at radius 2 is 2.00 bits per heavy atom. The Bertz CT molecular complexity index is 613. The maximum Gasteiger partial charge on any atom is 0.251 e. The molecule has 1 heterocycles. The maximum absolute atomic E-state index is 12.1. The average Bonchev–Trinajstić information content (AvgIpc) is 3.16. The average molecular weight is 378 g/mol. The summed E-state index contributed by atoms with van der Waals surface area (Å²) in [6, 6.07) is 6.97. The van der Waals surface area contributed by atoms with Gasteiger partial charge in [-0.05, 0) is 37.1 Å². The molecule has 1 aliphatic rings. The van der Waals surface area contributed by atoms with Crippen molar-refractivity contribution in [3.63, 3.8) is 0 Å². The molecule has 0 saturated carbocycles. The molecule has 1 saturated heterocycles. The van der Waals surface area contributed by atoms with E-state index in [1.54, 1.807) is 38.4 Å². The van der Waals surface area contributed by atoms with Gasteiger partial charge in [-0.3, -0.25) is 9.79 Å². The number of nitrogens with one attached hydrogen (secondary N) is 3. The summed E-state index contributed by atoms with van der Waals surface area (Å²) in [5, 5.41) is 18.6. The minimum atomic E-state index is -0.132. The van der Waals surface area contributed by atoms with Gasteiger partial charge in [0, 0.05) is 50.9 Å². The zero-order valence-corrected chi connectivity index (χ0v) is 16.1. The molecule has 8 nitrogen and oxygen atoms in total. The van der Waals surface area contributed by atoms with Crippen LogP contribution in [0, 0.1) is 5.41 Å². The second kappa shape index (κ2) is 10.7. The van der Waals surface area contributed by atoms with E-state index in [9.17, 15) is 9.90 Å². The molecule has 150 valence electrons. The molecule has 1 amide bonds. The zero-order valence-electron chi connectivity index (χ0n) is 16.1. The number of guanidine groups is 1. The zero-order chi connectivity index (χ0) is 19.5. The van der Waals surface area contributed by atoms with Gasteiger partial charge in [-0.2, -0.15) is 0 Å². The first-order valence-electron chi connectivity index (χ1n) is 9.18. The number of aliphatic hydroxyl groups is 1. The number of hydrogen-bond acceptors (Lipinski definition) is 5. The van der Waals surface area contributed by atoms with E-state index >= 15 is 0 Å². The van der Waals surface area contributed by atoms with Gasteiger partial charge in [0.2, 0.25) is 0 Å². The third-order valence-corrected chi connectivity index (χ3v) is 4.74. The topological polar surface area (TPSA) is 104 Å². The van der Waals surface area contributed by atoms with Gasteiger partial charge in [0.1, 0.15) is 5.75 Å². The highest BCUT2D eigenvalue weighted by Gasteiger charge is 2.34. The fraction of sp³-hybridized carbons (Fsp3) is 0.579. The third-order valence-electron chi connectivity index (χ3n) is 4.74. The van der Waals surface area contributed by atoms with Gasteiger partial charge in [0.05, 0.1) is 13.7 Å². The maximum atomic E-state index is 12.1. The molecule has 0 radical (unpaired) electrons. The normalized spacial score (nSPS) is 19.6. The summed E-state index contributed by atoms with van der Waals surface area (Å²) in [5.41, 5.74) is 0.542. The van der Waals surface area contributed by atoms with E-state index in [4.69, 9.17) is 9.47 Å². The van der Waals surface area contributed by atoms with Gasteiger partial charge in [0.25, 0.3) is 5.91 Å². The van der Waals surface area contributed by atoms with Gasteiger partial charge in [-0.25, -0.2) is 0 Å². The molecule has 0 spiro atoms. The third kappa shape index (κ3) is 6.41. The van der Waals surface area contributed by atoms with Crippen molar-refractivity contribution in [1.29, 1.82) is 0 Å². The van der Waals surface area contributed by atoms with Gasteiger partial charge < -0.3 is 30.5 Å². The lowest BCUT2D eigenvalue weighted by atomic mass is 9.84. The number of amides is 1. The van der Waals surface area contributed by atoms with Crippen LogP contribution in [0.15, 0.2) is 29.3 Å². The van der Waals surface area contributed by atoms with E-state index in [-0.39, 0.29) is 17.9 Å². The van der Waals surface area contributed by atoms with Crippen LogP contribution in [0.5, 0.6) is 5.75 Å². The number of hydrogen-bond donors (Lipinski definition) is 4. The van der Waals surface area contributed by atoms with Crippen LogP contribution in [-0.2, 0) is 4.74 Å². The minimum absolute atomic E-state index is 0.0467. The number of carbonyl (C=O) groups is 1. The van der Waals surface area contributed by atoms with E-state index in [0.29, 0.717) is 44.2 Å². The smallest absolute Gasteiger partial charge is 0.251 e. The van der Waals surface area contributed by atoms with Gasteiger partial charge in [-0.1, -0.05) is 0 Å². The molecule has 2 rings (SSSR count). The molecule has 1 atom stereocenters. The number of carbonyl (C=O) groups excluding carboxylic acids is 1. The van der Waals surface area contributed by atoms with Crippen LogP contribution >= 0.6 is 0 Å². The van der Waals surface area contributed by atoms with Crippen LogP contribution in [0.25, 0.3) is 0 Å². The first-order valence-corrected chi connectivity index (χ1v) is 9.18. The van der Waals surface area contributed by atoms with Crippen LogP contribution in [0.3, 0.4) is 0 Å². The molecule has 1 aliphatic heterocycles. The summed E-state index contributed by atoms with van der Waals surface area (Å²) in [6.07, 6.45) is 1.63. The summed E-state index contributed by atoms with van der Waals surface area (Å²) in [6.45, 7) is 3.22. The first kappa shape index (κ1) is 21.0. The van der Waals surface area contributed by atoms with Gasteiger partial charge in [0.15, 0.2) is 5.96 Å². The number of aliphatic imine (C=N–C) groups is 1. The van der Waals surface area contributed by atoms with Crippen molar-refractivity contribution in [2.24, 2.45) is 10.4 Å². The number of rotatable bonds is 9. The number of aliphatic hydroxyl groups excluding tert-OH is 1. The van der Waals surface area contributed by atoms with Gasteiger partial charge >= 0.3 is 0 Å². The van der Waals surface area contributed by atoms with E-state index in [1.807, 2.05) is 0 Å². The molecule has 1 aromatic carbocycles. The van der Waals surface area contributed by atoms with Crippen LogP contribution < -0.4 is 20.7 Å². The van der Waals surface area contributed by atoms with E-state index in [1.165, 1.54) is 0 Å². The molecule has 4 N–H and O–H groups in total. The first-order chi connectivity index (χ1) is 13.1. The van der Waals surface area contributed by atoms with Crippen LogP contribution in [-0.4, -0.2) is 70.6 Å². The number of ether oxygens (including phenoxy) is 2. The van der Waals surface area contributed by atoms with Crippen LogP contribution in [0.1, 0.15) is 23.2 Å². The number of benzene rings is 1. The van der Waals surface area contributed by atoms with Crippen LogP contribution in [0.2, 0.25) is 0 Å². The highest BCUT2D eigenvalue weighted by molar-refractivity contribution is 5.94. The predicted molar refractivity (Wildman–Crippen MR) is 104 cm³/mol. The van der Waals surface area contributed by atoms with E-state index < -0.39 is 0 Å². The standard InChI is InChI=1S/C19H30N4O4/c1-20-18(23-13-19(7-11-24)8-12-27-14-19)22-10-9-21-17(25)15-3-5-16(26-2)6-4-15/h3-6,24H,7-14H2,1-2H3,(H,21,25)(H2,20,22,23). The largest absolute Gasteiger partial charge is 0.497 e. The van der Waals surface area contributed by atoms with Crippen molar-refractivity contribution < 1.29 is 19.4 Å². The minimum Gasteiger partial charge on any atom is -0.497 e. The second-order valence-corrected chi connectivity index (χ2v) is 6.61. The molecule has 1 aromatic rings. The quantitative estimate of drug-likeness (QED) is 0.281. The summed E-state index contributed by atoms with van der Waals surface area (Å²) in [4.78, 5) is 16.3. The Labute approximate surface area is 160 Å². The van der Waals surface area contributed by atoms with E-state index in [2.05, 4.69) is 20.9 Å². The van der Waals surface area contributed by atoms with Crippen molar-refractivity contribution >= 4 is 11.9 Å². The van der Waals surface area contributed by atoms with Crippen molar-refractivity contribution in [1.82, 2.24) is 16.0 Å². The lowest BCUT2D eigenvalue weighted by molar-refractivity contribution is 0.0954. The Morgan fingerprint density at radius 3 is 2.59 bits per heavy atom. The van der Waals surface area contributed by atoms with Gasteiger partial charge in [-0.15, -0.1) is 0 Å². The molecular formula is C19H30N4O4. The molecule has 0 bridgehead atoms. The molecule has 1 unspecified atom stereocenters. The number of nitrogens with zero attached hydrogens (tertiary/aromatic N) is 1. The highest BCUT2D eigenvalue weighted by Crippen LogP contribution is 2.31. The van der Waals surface area contributed by atoms with Crippen molar-refractivity contribution in [2.75, 3.05) is 53.6 Å². The lowest BCUT2D eigenvalue weighted by Gasteiger charge is -2.27. The monoisotopic (exact) mass is 378 g/mol. The molecule has 0 aromatic heterocycles. The number of methoxy groups -OCH3 is 1. The van der Waals surface area contributed by atoms with Crippen molar-refractivity contribution in [3.05, 3.63) is 29.8 Å². The Hall–Kier alpha value is -2.32. The summed E-state index contributed by atoms with van der Waals surface area (Å²) in [7, 11) is 3.29. The van der Waals surface area contributed by atoms with Crippen molar-refractivity contribution in [3.8, 4) is 5.75 Å². The lowest BCUT2D eigenvalue weighted by Crippen LogP contribution is -2.46. The predicted octanol–water partition coefficient (Wildman–Crippen LogP) is 0.379. The fourth-order valence-electron chi connectivity index (χ4n) is 3.00. The Kier molecular flexibility index (Phi) is 8.35. The molecular weight excluding hydrogens is 348 g/mol. The molecule has 1 fully saturated rings. The molecule has 27 heavy (non-hydrogen) atoms. The summed E-state index contributed by atoms with van der Waals surface area (Å²) in [5.74, 6) is 1.25. The summed E-state index contributed by atoms with van der Waals surface area (Å²) < 4.78 is 10.6. The summed E-state index contributed by atoms with van der Waals surface area (Å²) >= 11 is 0. The Morgan fingerprint density at radius 1 is 1.26 bits per heavy atom. The molecule has 8 heteroatoms. The van der Waals surface area contributed by atoms with Crippen molar-refractivity contribution in [2.45, 2.75) is 12.8 Å². The fourth-order valence-corrected chi connectivity index (χ4v) is 3.00. The highest BCUT2D eigenvalue weighted by atomic mass is 16.5. The Balaban J connectivity index is 1.70. The molecule has 0 aliphatic carbocycles. The van der Waals surface area contributed by atoms with Crippen LogP contribution in [0.4, 0.5) is 0 Å². The second-order valence-electron chi connectivity index (χ2n) is 6.61. The SMILES string of the molecule is CN=C(NCCNC(=O)c1ccc(OC)cc1)NCC1(CCO)CCOC1.